The molecule has 1 amide bonds. The summed E-state index contributed by atoms with van der Waals surface area (Å²) in [6.45, 7) is 4.59. The lowest BCUT2D eigenvalue weighted by atomic mass is 10.0. The molecule has 4 aromatic rings. The maximum atomic E-state index is 14.2. The number of nitrogens with one attached hydrogen (secondary N) is 1. The van der Waals surface area contributed by atoms with Crippen molar-refractivity contribution >= 4 is 16.8 Å². The van der Waals surface area contributed by atoms with Gasteiger partial charge in [0.05, 0.1) is 17.2 Å². The monoisotopic (exact) mass is 502 g/mol. The van der Waals surface area contributed by atoms with Crippen molar-refractivity contribution in [2.45, 2.75) is 64.6 Å². The van der Waals surface area contributed by atoms with Crippen molar-refractivity contribution < 1.29 is 18.3 Å². The Balaban J connectivity index is 1.52. The molecule has 1 aliphatic rings. The van der Waals surface area contributed by atoms with Gasteiger partial charge in [-0.1, -0.05) is 50.2 Å². The number of benzene rings is 3. The molecule has 1 heterocycles. The number of nitrogens with zero attached hydrogens (tertiary/aromatic N) is 1. The van der Waals surface area contributed by atoms with E-state index in [1.54, 1.807) is 4.90 Å². The highest BCUT2D eigenvalue weighted by atomic mass is 19.2. The largest absolute Gasteiger partial charge is 0.490 e. The molecule has 0 spiro atoms. The van der Waals surface area contributed by atoms with Crippen molar-refractivity contribution in [3.05, 3.63) is 101 Å². The zero-order valence-corrected chi connectivity index (χ0v) is 21.3. The smallest absolute Gasteiger partial charge is 0.256 e. The highest BCUT2D eigenvalue weighted by molar-refractivity contribution is 6.08. The quantitative estimate of drug-likeness (QED) is 0.268. The number of aromatic amines is 1. The first kappa shape index (κ1) is 25.0. The maximum Gasteiger partial charge on any atom is 0.256 e. The number of hydrogen-bond donors (Lipinski definition) is 1. The Labute approximate surface area is 216 Å². The predicted molar refractivity (Wildman–Crippen MR) is 142 cm³/mol. The van der Waals surface area contributed by atoms with Crippen molar-refractivity contribution in [1.82, 2.24) is 9.88 Å². The maximum absolute atomic E-state index is 14.2. The molecule has 0 radical (unpaired) electrons. The molecule has 1 fully saturated rings. The number of carbonyl (C=O) groups is 1. The van der Waals surface area contributed by atoms with E-state index in [9.17, 15) is 13.6 Å². The summed E-state index contributed by atoms with van der Waals surface area (Å²) in [6.07, 6.45) is 4.78. The number of ether oxygens (including phenoxy) is 1. The molecule has 6 heteroatoms. The molecule has 192 valence electrons. The number of rotatable bonds is 8. The molecule has 1 saturated carbocycles. The molecule has 3 aromatic carbocycles. The van der Waals surface area contributed by atoms with Gasteiger partial charge in [-0.05, 0) is 67.0 Å². The van der Waals surface area contributed by atoms with Gasteiger partial charge < -0.3 is 14.6 Å². The lowest BCUT2D eigenvalue weighted by Gasteiger charge is -2.24. The molecule has 0 saturated heterocycles. The summed E-state index contributed by atoms with van der Waals surface area (Å²) in [6, 6.07) is 19.3. The zero-order chi connectivity index (χ0) is 25.9. The van der Waals surface area contributed by atoms with Crippen LogP contribution in [0.15, 0.2) is 66.7 Å². The fraction of sp³-hybridized carbons (Fsp3) is 0.323. The summed E-state index contributed by atoms with van der Waals surface area (Å²) in [5.41, 5.74) is 3.80. The first-order valence-corrected chi connectivity index (χ1v) is 13.0. The topological polar surface area (TPSA) is 45.3 Å². The zero-order valence-electron chi connectivity index (χ0n) is 21.3. The van der Waals surface area contributed by atoms with Gasteiger partial charge >= 0.3 is 0 Å². The van der Waals surface area contributed by atoms with Crippen LogP contribution >= 0.6 is 0 Å². The first-order chi connectivity index (χ1) is 17.9. The van der Waals surface area contributed by atoms with Crippen molar-refractivity contribution in [2.75, 3.05) is 0 Å². The minimum atomic E-state index is -0.922. The van der Waals surface area contributed by atoms with Crippen LogP contribution in [0.2, 0.25) is 0 Å². The third-order valence-electron chi connectivity index (χ3n) is 7.06. The normalized spacial score (nSPS) is 14.0. The Morgan fingerprint density at radius 2 is 1.68 bits per heavy atom. The molecular formula is C31H32F2N2O2. The van der Waals surface area contributed by atoms with E-state index in [2.05, 4.69) is 4.98 Å². The first-order valence-electron chi connectivity index (χ1n) is 13.0. The van der Waals surface area contributed by atoms with Gasteiger partial charge in [0.25, 0.3) is 5.91 Å². The number of amides is 1. The van der Waals surface area contributed by atoms with Gasteiger partial charge in [-0.15, -0.1) is 0 Å². The van der Waals surface area contributed by atoms with Gasteiger partial charge in [-0.3, -0.25) is 4.79 Å². The van der Waals surface area contributed by atoms with Crippen LogP contribution in [0.1, 0.15) is 72.6 Å². The Bertz CT molecular complexity index is 1390. The summed E-state index contributed by atoms with van der Waals surface area (Å²) in [7, 11) is 0. The summed E-state index contributed by atoms with van der Waals surface area (Å²) in [4.78, 5) is 19.3. The third kappa shape index (κ3) is 5.53. The van der Waals surface area contributed by atoms with Crippen LogP contribution in [0.3, 0.4) is 0 Å². The Kier molecular flexibility index (Phi) is 7.26. The number of aromatic nitrogens is 1. The molecule has 0 bridgehead atoms. The van der Waals surface area contributed by atoms with Crippen molar-refractivity contribution in [2.24, 2.45) is 0 Å². The van der Waals surface area contributed by atoms with Crippen LogP contribution in [0, 0.1) is 11.6 Å². The van der Waals surface area contributed by atoms with Crippen LogP contribution in [0.25, 0.3) is 10.9 Å². The van der Waals surface area contributed by atoms with E-state index in [1.807, 2.05) is 62.4 Å². The van der Waals surface area contributed by atoms with E-state index in [0.29, 0.717) is 17.7 Å². The van der Waals surface area contributed by atoms with Crippen LogP contribution in [0.4, 0.5) is 8.78 Å². The fourth-order valence-corrected chi connectivity index (χ4v) is 5.15. The molecule has 0 unspecified atom stereocenters. The third-order valence-corrected chi connectivity index (χ3v) is 7.06. The average molecular weight is 503 g/mol. The van der Waals surface area contributed by atoms with E-state index in [0.717, 1.165) is 52.9 Å². The van der Waals surface area contributed by atoms with E-state index in [1.165, 1.54) is 18.9 Å². The number of fused-ring (bicyclic) bond motifs is 1. The molecule has 5 rings (SSSR count). The minimum absolute atomic E-state index is 0.0763. The average Bonchev–Trinajstić information content (AvgIpc) is 3.54. The van der Waals surface area contributed by atoms with E-state index >= 15 is 0 Å². The molecule has 1 aliphatic carbocycles. The number of hydrogen-bond acceptors (Lipinski definition) is 2. The minimum Gasteiger partial charge on any atom is -0.490 e. The molecular weight excluding hydrogens is 470 g/mol. The van der Waals surface area contributed by atoms with Crippen LogP contribution < -0.4 is 4.74 Å². The number of halogens is 2. The standard InChI is InChI=1S/C31H32F2N2O2/c1-20(2)30-29(25-14-13-24(17-28(25)34-30)37-23-10-6-7-11-23)31(36)35(18-21-8-4-3-5-9-21)19-22-12-15-26(32)27(33)16-22/h3-5,8-9,12-17,20,23,34H,6-7,10-11,18-19H2,1-2H3. The molecule has 1 aromatic heterocycles. The second kappa shape index (κ2) is 10.8. The second-order valence-electron chi connectivity index (χ2n) is 10.2. The lowest BCUT2D eigenvalue weighted by Crippen LogP contribution is -2.31. The van der Waals surface area contributed by atoms with Gasteiger partial charge in [0, 0.05) is 30.2 Å². The van der Waals surface area contributed by atoms with Gasteiger partial charge in [0.2, 0.25) is 0 Å². The summed E-state index contributed by atoms with van der Waals surface area (Å²) < 4.78 is 33.8. The lowest BCUT2D eigenvalue weighted by molar-refractivity contribution is 0.0730. The Hall–Kier alpha value is -3.67. The summed E-state index contributed by atoms with van der Waals surface area (Å²) in [5, 5.41) is 0.829. The van der Waals surface area contributed by atoms with Gasteiger partial charge in [-0.2, -0.15) is 0 Å². The molecule has 0 atom stereocenters. The van der Waals surface area contributed by atoms with Crippen LogP contribution in [-0.2, 0) is 13.1 Å². The van der Waals surface area contributed by atoms with Gasteiger partial charge in [-0.25, -0.2) is 8.78 Å². The highest BCUT2D eigenvalue weighted by Crippen LogP contribution is 2.33. The summed E-state index contributed by atoms with van der Waals surface area (Å²) >= 11 is 0. The SMILES string of the molecule is CC(C)c1[nH]c2cc(OC3CCCC3)ccc2c1C(=O)N(Cc1ccccc1)Cc1ccc(F)c(F)c1. The molecule has 37 heavy (non-hydrogen) atoms. The second-order valence-corrected chi connectivity index (χ2v) is 10.2. The Morgan fingerprint density at radius 1 is 0.946 bits per heavy atom. The molecule has 4 nitrogen and oxygen atoms in total. The molecule has 1 N–H and O–H groups in total. The van der Waals surface area contributed by atoms with E-state index in [4.69, 9.17) is 4.74 Å². The predicted octanol–water partition coefficient (Wildman–Crippen LogP) is 7.73. The highest BCUT2D eigenvalue weighted by Gasteiger charge is 2.26. The van der Waals surface area contributed by atoms with E-state index in [-0.39, 0.29) is 24.5 Å². The van der Waals surface area contributed by atoms with Crippen molar-refractivity contribution in [3.8, 4) is 5.75 Å². The van der Waals surface area contributed by atoms with Gasteiger partial charge in [0.1, 0.15) is 5.75 Å². The van der Waals surface area contributed by atoms with Gasteiger partial charge in [0.15, 0.2) is 11.6 Å². The van der Waals surface area contributed by atoms with Crippen molar-refractivity contribution in [1.29, 1.82) is 0 Å². The van der Waals surface area contributed by atoms with E-state index < -0.39 is 11.6 Å². The molecule has 0 aliphatic heterocycles. The van der Waals surface area contributed by atoms with Crippen molar-refractivity contribution in [3.63, 3.8) is 0 Å². The number of carbonyl (C=O) groups excluding carboxylic acids is 1. The fourth-order valence-electron chi connectivity index (χ4n) is 5.15. The Morgan fingerprint density at radius 3 is 2.38 bits per heavy atom. The van der Waals surface area contributed by atoms with Crippen LogP contribution in [0.5, 0.6) is 5.75 Å². The number of H-pyrrole nitrogens is 1. The summed E-state index contributed by atoms with van der Waals surface area (Å²) in [5.74, 6) is -1.10. The van der Waals surface area contributed by atoms with Crippen LogP contribution in [-0.4, -0.2) is 21.9 Å².